The lowest BCUT2D eigenvalue weighted by molar-refractivity contribution is -0.142. The molecule has 2 aliphatic rings. The first-order valence-corrected chi connectivity index (χ1v) is 11.4. The van der Waals surface area contributed by atoms with E-state index in [1.807, 2.05) is 20.8 Å². The molecule has 0 bridgehead atoms. The van der Waals surface area contributed by atoms with Gasteiger partial charge in [0.25, 0.3) is 0 Å². The van der Waals surface area contributed by atoms with Gasteiger partial charge in [-0.3, -0.25) is 4.79 Å². The van der Waals surface area contributed by atoms with Gasteiger partial charge in [0, 0.05) is 25.9 Å². The van der Waals surface area contributed by atoms with Gasteiger partial charge in [-0.15, -0.1) is 12.4 Å². The number of ether oxygens (including phenoxy) is 5. The largest absolute Gasteiger partial charge is 0.498 e. The van der Waals surface area contributed by atoms with E-state index in [9.17, 15) is 14.4 Å². The van der Waals surface area contributed by atoms with Gasteiger partial charge in [-0.05, 0) is 46.7 Å². The van der Waals surface area contributed by atoms with Gasteiger partial charge in [0.15, 0.2) is 0 Å². The van der Waals surface area contributed by atoms with Crippen LogP contribution in [-0.4, -0.2) is 87.7 Å². The van der Waals surface area contributed by atoms with E-state index in [0.29, 0.717) is 45.1 Å². The fourth-order valence-electron chi connectivity index (χ4n) is 3.15. The smallest absolute Gasteiger partial charge is 0.410 e. The summed E-state index contributed by atoms with van der Waals surface area (Å²) in [7, 11) is 2.71. The highest BCUT2D eigenvalue weighted by Gasteiger charge is 2.27. The van der Waals surface area contributed by atoms with Crippen LogP contribution in [0.3, 0.4) is 0 Å². The van der Waals surface area contributed by atoms with Crippen LogP contribution in [0.15, 0.2) is 12.3 Å². The van der Waals surface area contributed by atoms with Gasteiger partial charge in [0.2, 0.25) is 0 Å². The third-order valence-corrected chi connectivity index (χ3v) is 4.94. The normalized spacial score (nSPS) is 17.1. The van der Waals surface area contributed by atoms with Crippen molar-refractivity contribution < 1.29 is 38.1 Å². The van der Waals surface area contributed by atoms with Crippen molar-refractivity contribution in [2.24, 2.45) is 0 Å². The van der Waals surface area contributed by atoms with Crippen molar-refractivity contribution in [2.45, 2.75) is 70.7 Å². The Morgan fingerprint density at radius 2 is 1.59 bits per heavy atom. The minimum Gasteiger partial charge on any atom is -0.498 e. The Balaban J connectivity index is 0.000000676. The molecule has 1 N–H and O–H groups in total. The van der Waals surface area contributed by atoms with E-state index < -0.39 is 11.6 Å². The number of rotatable bonds is 7. The number of esters is 2. The highest BCUT2D eigenvalue weighted by molar-refractivity contribution is 5.85. The minimum atomic E-state index is -0.478. The molecule has 10 nitrogen and oxygen atoms in total. The second-order valence-corrected chi connectivity index (χ2v) is 8.78. The topological polar surface area (TPSA) is 113 Å². The molecule has 0 radical (unpaired) electrons. The van der Waals surface area contributed by atoms with Crippen LogP contribution < -0.4 is 5.32 Å². The molecule has 2 fully saturated rings. The van der Waals surface area contributed by atoms with Gasteiger partial charge < -0.3 is 33.9 Å². The molecule has 11 heteroatoms. The molecule has 198 valence electrons. The fraction of sp³-hybridized carbons (Fsp3) is 0.783. The van der Waals surface area contributed by atoms with E-state index in [-0.39, 0.29) is 30.6 Å². The first-order chi connectivity index (χ1) is 15.6. The van der Waals surface area contributed by atoms with E-state index >= 15 is 0 Å². The average Bonchev–Trinajstić information content (AvgIpc) is 2.79. The van der Waals surface area contributed by atoms with Crippen LogP contribution in [0.5, 0.6) is 0 Å². The Morgan fingerprint density at radius 1 is 0.971 bits per heavy atom. The van der Waals surface area contributed by atoms with E-state index in [1.54, 1.807) is 4.90 Å². The summed E-state index contributed by atoms with van der Waals surface area (Å²) in [5, 5.41) is 3.25. The Kier molecular flexibility index (Phi) is 16.4. The second-order valence-electron chi connectivity index (χ2n) is 8.78. The first-order valence-electron chi connectivity index (χ1n) is 11.4. The number of carbonyl (C=O) groups is 3. The van der Waals surface area contributed by atoms with Crippen LogP contribution in [0, 0.1) is 0 Å². The summed E-state index contributed by atoms with van der Waals surface area (Å²) in [6.07, 6.45) is 6.50. The minimum absolute atomic E-state index is 0. The van der Waals surface area contributed by atoms with Crippen LogP contribution in [0.4, 0.5) is 4.79 Å². The van der Waals surface area contributed by atoms with E-state index in [4.69, 9.17) is 14.2 Å². The number of likely N-dealkylation sites (tertiary alicyclic amines) is 1. The van der Waals surface area contributed by atoms with Gasteiger partial charge in [0.05, 0.1) is 45.7 Å². The van der Waals surface area contributed by atoms with Crippen molar-refractivity contribution in [2.75, 3.05) is 47.0 Å². The van der Waals surface area contributed by atoms with Gasteiger partial charge in [-0.25, -0.2) is 9.59 Å². The van der Waals surface area contributed by atoms with E-state index in [1.165, 1.54) is 26.6 Å². The van der Waals surface area contributed by atoms with Crippen LogP contribution in [0.1, 0.15) is 52.9 Å². The number of amides is 1. The Bertz CT molecular complexity index is 625. The number of carbonyl (C=O) groups excluding carboxylic acids is 3. The zero-order valence-electron chi connectivity index (χ0n) is 21.0. The maximum absolute atomic E-state index is 11.9. The molecule has 0 atom stereocenters. The van der Waals surface area contributed by atoms with Crippen molar-refractivity contribution >= 4 is 30.4 Å². The summed E-state index contributed by atoms with van der Waals surface area (Å²) in [6, 6.07) is 0. The quantitative estimate of drug-likeness (QED) is 0.240. The number of halogens is 1. The van der Waals surface area contributed by atoms with Gasteiger partial charge in [-0.2, -0.15) is 0 Å². The first kappa shape index (κ1) is 32.0. The average molecular weight is 509 g/mol. The Hall–Kier alpha value is -2.04. The highest BCUT2D eigenvalue weighted by Crippen LogP contribution is 2.17. The molecule has 0 aromatic rings. The summed E-state index contributed by atoms with van der Waals surface area (Å²) < 4.78 is 25.2. The number of methoxy groups -OCH3 is 2. The molecule has 34 heavy (non-hydrogen) atoms. The van der Waals surface area contributed by atoms with E-state index in [2.05, 4.69) is 14.8 Å². The molecule has 1 amide bonds. The Labute approximate surface area is 209 Å². The Morgan fingerprint density at radius 3 is 2.12 bits per heavy atom. The lowest BCUT2D eigenvalue weighted by atomic mass is 10.1. The van der Waals surface area contributed by atoms with Crippen molar-refractivity contribution in [3.63, 3.8) is 0 Å². The van der Waals surface area contributed by atoms with Crippen LogP contribution in [0.25, 0.3) is 0 Å². The molecule has 0 saturated carbocycles. The molecule has 2 heterocycles. The van der Waals surface area contributed by atoms with Crippen molar-refractivity contribution in [1.29, 1.82) is 0 Å². The third kappa shape index (κ3) is 15.0. The second kappa shape index (κ2) is 17.4. The van der Waals surface area contributed by atoms with Gasteiger partial charge >= 0.3 is 18.0 Å². The van der Waals surface area contributed by atoms with E-state index in [0.717, 1.165) is 25.9 Å². The number of hydrogen-bond donors (Lipinski definition) is 1. The summed E-state index contributed by atoms with van der Waals surface area (Å²) in [5.41, 5.74) is -0.478. The summed E-state index contributed by atoms with van der Waals surface area (Å²) in [4.78, 5) is 35.1. The molecule has 2 aliphatic heterocycles. The predicted molar refractivity (Wildman–Crippen MR) is 129 cm³/mol. The molecule has 0 aromatic heterocycles. The fourth-order valence-corrected chi connectivity index (χ4v) is 3.15. The highest BCUT2D eigenvalue weighted by atomic mass is 35.5. The van der Waals surface area contributed by atoms with Crippen molar-refractivity contribution in [3.8, 4) is 0 Å². The molecular formula is C23H41ClN2O8. The van der Waals surface area contributed by atoms with Crippen LogP contribution >= 0.6 is 12.4 Å². The molecule has 0 unspecified atom stereocenters. The van der Waals surface area contributed by atoms with Crippen LogP contribution in [0.2, 0.25) is 0 Å². The molecule has 0 aromatic carbocycles. The summed E-state index contributed by atoms with van der Waals surface area (Å²) >= 11 is 0. The number of piperidine rings is 2. The standard InChI is InChI=1S/C14H23NO5.C9H17NO3.ClH/c1-14(2,3)20-13(17)15-8-5-11(6-9-15)19-10-7-12(16)18-4;1-12-9(11)4-7-13-8-2-5-10-6-3-8;/h7,10-11H,5-6,8-9H2,1-4H3;8,10H,2-7H2,1H3;1H/b10-7+;;. The maximum atomic E-state index is 11.9. The predicted octanol–water partition coefficient (Wildman–Crippen LogP) is 2.83. The van der Waals surface area contributed by atoms with Gasteiger partial charge in [0.1, 0.15) is 11.7 Å². The summed E-state index contributed by atoms with van der Waals surface area (Å²) in [6.45, 7) is 9.23. The molecule has 0 aliphatic carbocycles. The molecule has 2 saturated heterocycles. The zero-order valence-corrected chi connectivity index (χ0v) is 21.8. The SMILES string of the molecule is COC(=O)/C=C/OC1CCN(C(=O)OC(C)(C)C)CC1.COC(=O)CCOC1CCNCC1.Cl. The molecule has 0 spiro atoms. The monoisotopic (exact) mass is 508 g/mol. The zero-order chi connectivity index (χ0) is 24.7. The van der Waals surface area contributed by atoms with Crippen molar-refractivity contribution in [3.05, 3.63) is 12.3 Å². The molecule has 2 rings (SSSR count). The maximum Gasteiger partial charge on any atom is 0.410 e. The number of nitrogens with zero attached hydrogens (tertiary/aromatic N) is 1. The van der Waals surface area contributed by atoms with Gasteiger partial charge in [-0.1, -0.05) is 0 Å². The number of hydrogen-bond acceptors (Lipinski definition) is 9. The van der Waals surface area contributed by atoms with Crippen molar-refractivity contribution in [1.82, 2.24) is 10.2 Å². The summed E-state index contributed by atoms with van der Waals surface area (Å²) in [5.74, 6) is -0.648. The molecular weight excluding hydrogens is 468 g/mol. The van der Waals surface area contributed by atoms with Crippen LogP contribution in [-0.2, 0) is 33.3 Å². The number of nitrogens with one attached hydrogen (secondary N) is 1. The third-order valence-electron chi connectivity index (χ3n) is 4.94. The lowest BCUT2D eigenvalue weighted by Crippen LogP contribution is -2.43. The lowest BCUT2D eigenvalue weighted by Gasteiger charge is -2.32.